The van der Waals surface area contributed by atoms with Crippen LogP contribution in [0.15, 0.2) is 12.4 Å². The van der Waals surface area contributed by atoms with E-state index in [1.165, 1.54) is 12.8 Å². The summed E-state index contributed by atoms with van der Waals surface area (Å²) in [6.07, 6.45) is 6.63. The monoisotopic (exact) mass is 195 g/mol. The fraction of sp³-hybridized carbons (Fsp3) is 0.700. The topological polar surface area (TPSA) is 39.1 Å². The zero-order chi connectivity index (χ0) is 9.80. The quantitative estimate of drug-likeness (QED) is 0.771. The minimum atomic E-state index is 0.379. The second-order valence-electron chi connectivity index (χ2n) is 3.80. The third kappa shape index (κ3) is 2.56. The van der Waals surface area contributed by atoms with E-state index in [0.717, 1.165) is 18.7 Å². The van der Waals surface area contributed by atoms with E-state index in [9.17, 15) is 0 Å². The Labute approximate surface area is 84.3 Å². The molecule has 0 saturated carbocycles. The van der Waals surface area contributed by atoms with Crippen molar-refractivity contribution in [1.29, 1.82) is 0 Å². The first-order valence-corrected chi connectivity index (χ1v) is 5.14. The zero-order valence-corrected chi connectivity index (χ0v) is 8.57. The molecule has 2 rings (SSSR count). The van der Waals surface area contributed by atoms with Gasteiger partial charge in [-0.3, -0.25) is 4.68 Å². The standard InChI is InChI=1S/C10H17N3O/c1-13-7-9(5-12-13)8-14-10-3-2-4-11-6-10/h5,7,10-11H,2-4,6,8H2,1H3/t10-/m0/s1. The summed E-state index contributed by atoms with van der Waals surface area (Å²) in [6, 6.07) is 0. The first-order valence-electron chi connectivity index (χ1n) is 5.14. The number of rotatable bonds is 3. The van der Waals surface area contributed by atoms with Crippen LogP contribution in [-0.4, -0.2) is 29.0 Å². The van der Waals surface area contributed by atoms with E-state index in [0.29, 0.717) is 12.7 Å². The summed E-state index contributed by atoms with van der Waals surface area (Å²) in [7, 11) is 1.92. The van der Waals surface area contributed by atoms with Crippen LogP contribution in [0.1, 0.15) is 18.4 Å². The maximum Gasteiger partial charge on any atom is 0.0751 e. The van der Waals surface area contributed by atoms with Gasteiger partial charge in [0.25, 0.3) is 0 Å². The number of nitrogens with zero attached hydrogens (tertiary/aromatic N) is 2. The van der Waals surface area contributed by atoms with Crippen molar-refractivity contribution in [3.05, 3.63) is 18.0 Å². The summed E-state index contributed by atoms with van der Waals surface area (Å²) >= 11 is 0. The number of hydrogen-bond donors (Lipinski definition) is 1. The lowest BCUT2D eigenvalue weighted by Gasteiger charge is -2.22. The van der Waals surface area contributed by atoms with Crippen LogP contribution >= 0.6 is 0 Å². The van der Waals surface area contributed by atoms with Gasteiger partial charge in [0.15, 0.2) is 0 Å². The Hall–Kier alpha value is -0.870. The highest BCUT2D eigenvalue weighted by molar-refractivity contribution is 5.01. The molecular formula is C10H17N3O. The Bertz CT molecular complexity index is 279. The highest BCUT2D eigenvalue weighted by Crippen LogP contribution is 2.09. The number of piperidine rings is 1. The Morgan fingerprint density at radius 3 is 3.29 bits per heavy atom. The third-order valence-corrected chi connectivity index (χ3v) is 2.50. The molecule has 0 aliphatic carbocycles. The molecule has 78 valence electrons. The molecule has 0 unspecified atom stereocenters. The van der Waals surface area contributed by atoms with Crippen LogP contribution in [0.25, 0.3) is 0 Å². The minimum absolute atomic E-state index is 0.379. The summed E-state index contributed by atoms with van der Waals surface area (Å²) in [4.78, 5) is 0. The van der Waals surface area contributed by atoms with Crippen LogP contribution in [-0.2, 0) is 18.4 Å². The van der Waals surface area contributed by atoms with Gasteiger partial charge in [-0.25, -0.2) is 0 Å². The van der Waals surface area contributed by atoms with Crippen LogP contribution in [0.5, 0.6) is 0 Å². The van der Waals surface area contributed by atoms with Gasteiger partial charge in [0, 0.05) is 25.4 Å². The van der Waals surface area contributed by atoms with Gasteiger partial charge in [-0.2, -0.15) is 5.10 Å². The van der Waals surface area contributed by atoms with Crippen LogP contribution < -0.4 is 5.32 Å². The lowest BCUT2D eigenvalue weighted by molar-refractivity contribution is 0.0253. The van der Waals surface area contributed by atoms with Crippen LogP contribution in [0.2, 0.25) is 0 Å². The predicted molar refractivity (Wildman–Crippen MR) is 53.9 cm³/mol. The molecule has 4 heteroatoms. The molecule has 1 N–H and O–H groups in total. The molecule has 0 bridgehead atoms. The van der Waals surface area contributed by atoms with Crippen molar-refractivity contribution in [2.45, 2.75) is 25.6 Å². The van der Waals surface area contributed by atoms with Gasteiger partial charge in [0.2, 0.25) is 0 Å². The Balaban J connectivity index is 1.76. The fourth-order valence-corrected chi connectivity index (χ4v) is 1.72. The van der Waals surface area contributed by atoms with E-state index in [1.807, 2.05) is 19.4 Å². The fourth-order valence-electron chi connectivity index (χ4n) is 1.72. The molecule has 0 radical (unpaired) electrons. The molecule has 14 heavy (non-hydrogen) atoms. The Morgan fingerprint density at radius 1 is 1.71 bits per heavy atom. The van der Waals surface area contributed by atoms with Crippen LogP contribution in [0, 0.1) is 0 Å². The molecule has 1 saturated heterocycles. The van der Waals surface area contributed by atoms with E-state index >= 15 is 0 Å². The highest BCUT2D eigenvalue weighted by Gasteiger charge is 2.13. The van der Waals surface area contributed by atoms with Gasteiger partial charge in [0.05, 0.1) is 18.9 Å². The van der Waals surface area contributed by atoms with Crippen LogP contribution in [0.4, 0.5) is 0 Å². The molecule has 1 aromatic rings. The Kier molecular flexibility index (Phi) is 3.16. The second-order valence-corrected chi connectivity index (χ2v) is 3.80. The van der Waals surface area contributed by atoms with E-state index in [-0.39, 0.29) is 0 Å². The van der Waals surface area contributed by atoms with Gasteiger partial charge in [-0.15, -0.1) is 0 Å². The van der Waals surface area contributed by atoms with Crippen molar-refractivity contribution in [1.82, 2.24) is 15.1 Å². The molecule has 1 fully saturated rings. The molecule has 2 heterocycles. The van der Waals surface area contributed by atoms with Crippen molar-refractivity contribution in [3.63, 3.8) is 0 Å². The normalized spacial score (nSPS) is 22.5. The number of nitrogens with one attached hydrogen (secondary N) is 1. The van der Waals surface area contributed by atoms with Gasteiger partial charge >= 0.3 is 0 Å². The summed E-state index contributed by atoms with van der Waals surface area (Å²) in [5.74, 6) is 0. The maximum absolute atomic E-state index is 5.77. The number of hydrogen-bond acceptors (Lipinski definition) is 3. The molecule has 1 aliphatic rings. The van der Waals surface area contributed by atoms with E-state index in [4.69, 9.17) is 4.74 Å². The van der Waals surface area contributed by atoms with Gasteiger partial charge in [0.1, 0.15) is 0 Å². The van der Waals surface area contributed by atoms with Crippen molar-refractivity contribution in [2.24, 2.45) is 7.05 Å². The van der Waals surface area contributed by atoms with Gasteiger partial charge in [-0.05, 0) is 19.4 Å². The third-order valence-electron chi connectivity index (χ3n) is 2.50. The first-order chi connectivity index (χ1) is 6.84. The number of ether oxygens (including phenoxy) is 1. The number of aryl methyl sites for hydroxylation is 1. The van der Waals surface area contributed by atoms with Crippen molar-refractivity contribution in [3.8, 4) is 0 Å². The SMILES string of the molecule is Cn1cc(CO[C@H]2CCCNC2)cn1. The molecule has 1 aromatic heterocycles. The molecular weight excluding hydrogens is 178 g/mol. The lowest BCUT2D eigenvalue weighted by atomic mass is 10.1. The molecule has 1 atom stereocenters. The predicted octanol–water partition coefficient (Wildman–Crippen LogP) is 0.689. The molecule has 4 nitrogen and oxygen atoms in total. The van der Waals surface area contributed by atoms with Crippen LogP contribution in [0.3, 0.4) is 0 Å². The number of aromatic nitrogens is 2. The molecule has 0 aromatic carbocycles. The second kappa shape index (κ2) is 4.57. The average Bonchev–Trinajstić information content (AvgIpc) is 2.63. The van der Waals surface area contributed by atoms with Crippen molar-refractivity contribution >= 4 is 0 Å². The van der Waals surface area contributed by atoms with Gasteiger partial charge in [-0.1, -0.05) is 0 Å². The van der Waals surface area contributed by atoms with Crippen molar-refractivity contribution in [2.75, 3.05) is 13.1 Å². The largest absolute Gasteiger partial charge is 0.372 e. The lowest BCUT2D eigenvalue weighted by Crippen LogP contribution is -2.35. The maximum atomic E-state index is 5.77. The summed E-state index contributed by atoms with van der Waals surface area (Å²) in [6.45, 7) is 2.80. The molecule has 0 amide bonds. The first kappa shape index (κ1) is 9.68. The highest BCUT2D eigenvalue weighted by atomic mass is 16.5. The molecule has 1 aliphatic heterocycles. The van der Waals surface area contributed by atoms with E-state index < -0.39 is 0 Å². The minimum Gasteiger partial charge on any atom is -0.372 e. The Morgan fingerprint density at radius 2 is 2.64 bits per heavy atom. The molecule has 0 spiro atoms. The summed E-state index contributed by atoms with van der Waals surface area (Å²) < 4.78 is 7.57. The summed E-state index contributed by atoms with van der Waals surface area (Å²) in [5.41, 5.74) is 1.15. The van der Waals surface area contributed by atoms with Gasteiger partial charge < -0.3 is 10.1 Å². The summed E-state index contributed by atoms with van der Waals surface area (Å²) in [5, 5.41) is 7.43. The van der Waals surface area contributed by atoms with Crippen molar-refractivity contribution < 1.29 is 4.74 Å². The smallest absolute Gasteiger partial charge is 0.0751 e. The van der Waals surface area contributed by atoms with E-state index in [2.05, 4.69) is 10.4 Å². The average molecular weight is 195 g/mol. The zero-order valence-electron chi connectivity index (χ0n) is 8.57. The van der Waals surface area contributed by atoms with E-state index in [1.54, 1.807) is 4.68 Å².